The Hall–Kier alpha value is -1.31. The van der Waals surface area contributed by atoms with Gasteiger partial charge in [0, 0.05) is 18.7 Å². The van der Waals surface area contributed by atoms with Crippen molar-refractivity contribution in [1.82, 2.24) is 0 Å². The van der Waals surface area contributed by atoms with Crippen LogP contribution in [0.15, 0.2) is 30.3 Å². The number of nitrogens with zero attached hydrogens (tertiary/aromatic N) is 1. The van der Waals surface area contributed by atoms with Gasteiger partial charge in [0.05, 0.1) is 0 Å². The van der Waals surface area contributed by atoms with E-state index in [4.69, 9.17) is 0 Å². The van der Waals surface area contributed by atoms with Crippen LogP contribution in [0.2, 0.25) is 0 Å². The standard InChI is InChI=1S/C13H18NO/c1-4-13(15)14(10-11(2)3)12-8-6-5-7-9-12/h4-9,11H,10H2,1-3H3. The first kappa shape index (κ1) is 11.8. The molecule has 81 valence electrons. The van der Waals surface area contributed by atoms with E-state index in [-0.39, 0.29) is 5.91 Å². The van der Waals surface area contributed by atoms with Crippen LogP contribution in [0.4, 0.5) is 5.69 Å². The van der Waals surface area contributed by atoms with E-state index in [9.17, 15) is 4.79 Å². The molecule has 0 fully saturated rings. The molecule has 1 aromatic rings. The Morgan fingerprint density at radius 2 is 1.93 bits per heavy atom. The second kappa shape index (κ2) is 5.54. The summed E-state index contributed by atoms with van der Waals surface area (Å²) in [4.78, 5) is 13.5. The minimum Gasteiger partial charge on any atom is -0.312 e. The molecule has 2 heteroatoms. The summed E-state index contributed by atoms with van der Waals surface area (Å²) in [5.41, 5.74) is 0.967. The van der Waals surface area contributed by atoms with Gasteiger partial charge in [-0.05, 0) is 18.1 Å². The highest BCUT2D eigenvalue weighted by molar-refractivity contribution is 5.98. The first-order valence-corrected chi connectivity index (χ1v) is 5.31. The number of hydrogen-bond acceptors (Lipinski definition) is 1. The summed E-state index contributed by atoms with van der Waals surface area (Å²) in [5.74, 6) is 0.531. The number of carbonyl (C=O) groups is 1. The minimum atomic E-state index is 0.0647. The SMILES string of the molecule is C[CH]C(=O)N(CC(C)C)c1ccccc1. The Morgan fingerprint density at radius 1 is 1.33 bits per heavy atom. The third-order valence-corrected chi connectivity index (χ3v) is 2.13. The van der Waals surface area contributed by atoms with Crippen LogP contribution >= 0.6 is 0 Å². The van der Waals surface area contributed by atoms with Crippen molar-refractivity contribution in [1.29, 1.82) is 0 Å². The van der Waals surface area contributed by atoms with E-state index in [0.29, 0.717) is 5.92 Å². The fourth-order valence-electron chi connectivity index (χ4n) is 1.45. The maximum Gasteiger partial charge on any atom is 0.230 e. The molecule has 1 rings (SSSR count). The molecule has 1 radical (unpaired) electrons. The third-order valence-electron chi connectivity index (χ3n) is 2.13. The Bertz CT molecular complexity index is 306. The number of para-hydroxylation sites is 1. The number of carbonyl (C=O) groups excluding carboxylic acids is 1. The molecule has 0 spiro atoms. The van der Waals surface area contributed by atoms with Crippen molar-refractivity contribution in [2.45, 2.75) is 20.8 Å². The van der Waals surface area contributed by atoms with E-state index < -0.39 is 0 Å². The molecule has 0 saturated carbocycles. The maximum atomic E-state index is 11.7. The fourth-order valence-corrected chi connectivity index (χ4v) is 1.45. The zero-order valence-electron chi connectivity index (χ0n) is 9.60. The van der Waals surface area contributed by atoms with Gasteiger partial charge in [0.1, 0.15) is 0 Å². The molecule has 0 aliphatic rings. The highest BCUT2D eigenvalue weighted by Gasteiger charge is 2.14. The van der Waals surface area contributed by atoms with Gasteiger partial charge in [-0.2, -0.15) is 0 Å². The lowest BCUT2D eigenvalue weighted by Crippen LogP contribution is -2.33. The van der Waals surface area contributed by atoms with Gasteiger partial charge >= 0.3 is 0 Å². The lowest BCUT2D eigenvalue weighted by atomic mass is 10.1. The summed E-state index contributed by atoms with van der Waals surface area (Å²) >= 11 is 0. The summed E-state index contributed by atoms with van der Waals surface area (Å²) in [6.07, 6.45) is 1.61. The monoisotopic (exact) mass is 204 g/mol. The van der Waals surface area contributed by atoms with Gasteiger partial charge in [-0.1, -0.05) is 39.0 Å². The molecular weight excluding hydrogens is 186 g/mol. The fraction of sp³-hybridized carbons (Fsp3) is 0.385. The summed E-state index contributed by atoms with van der Waals surface area (Å²) < 4.78 is 0. The predicted molar refractivity (Wildman–Crippen MR) is 63.6 cm³/mol. The highest BCUT2D eigenvalue weighted by Crippen LogP contribution is 2.15. The Morgan fingerprint density at radius 3 is 2.40 bits per heavy atom. The highest BCUT2D eigenvalue weighted by atomic mass is 16.2. The van der Waals surface area contributed by atoms with E-state index >= 15 is 0 Å². The molecule has 0 aliphatic heterocycles. The zero-order chi connectivity index (χ0) is 11.3. The van der Waals surface area contributed by atoms with Crippen LogP contribution in [0.1, 0.15) is 20.8 Å². The summed E-state index contributed by atoms with van der Waals surface area (Å²) in [5, 5.41) is 0. The third kappa shape index (κ3) is 3.39. The number of amides is 1. The van der Waals surface area contributed by atoms with Gasteiger partial charge in [-0.15, -0.1) is 0 Å². The predicted octanol–water partition coefficient (Wildman–Crippen LogP) is 2.90. The minimum absolute atomic E-state index is 0.0647. The van der Waals surface area contributed by atoms with Crippen LogP contribution in [-0.4, -0.2) is 12.5 Å². The molecule has 0 aliphatic carbocycles. The van der Waals surface area contributed by atoms with Gasteiger partial charge < -0.3 is 4.90 Å². The van der Waals surface area contributed by atoms with E-state index in [2.05, 4.69) is 13.8 Å². The first-order valence-electron chi connectivity index (χ1n) is 5.31. The van der Waals surface area contributed by atoms with E-state index in [0.717, 1.165) is 12.2 Å². The molecule has 15 heavy (non-hydrogen) atoms. The number of rotatable bonds is 4. The van der Waals surface area contributed by atoms with Gasteiger partial charge in [-0.25, -0.2) is 0 Å². The topological polar surface area (TPSA) is 20.3 Å². The van der Waals surface area contributed by atoms with E-state index in [1.165, 1.54) is 0 Å². The summed E-state index contributed by atoms with van der Waals surface area (Å²) in [6.45, 7) is 6.75. The summed E-state index contributed by atoms with van der Waals surface area (Å²) in [7, 11) is 0. The van der Waals surface area contributed by atoms with Crippen molar-refractivity contribution < 1.29 is 4.79 Å². The Kier molecular flexibility index (Phi) is 4.35. The number of anilines is 1. The summed E-state index contributed by atoms with van der Waals surface area (Å²) in [6, 6.07) is 9.78. The Balaban J connectivity index is 2.86. The smallest absolute Gasteiger partial charge is 0.230 e. The molecule has 1 amide bonds. The Labute approximate surface area is 91.9 Å². The van der Waals surface area contributed by atoms with Crippen LogP contribution < -0.4 is 4.90 Å². The van der Waals surface area contributed by atoms with Gasteiger partial charge in [-0.3, -0.25) is 4.79 Å². The second-order valence-electron chi connectivity index (χ2n) is 3.97. The van der Waals surface area contributed by atoms with Crippen molar-refractivity contribution in [3.63, 3.8) is 0 Å². The van der Waals surface area contributed by atoms with Crippen LogP contribution in [0.5, 0.6) is 0 Å². The lowest BCUT2D eigenvalue weighted by Gasteiger charge is -2.24. The number of hydrogen-bond donors (Lipinski definition) is 0. The van der Waals surface area contributed by atoms with Gasteiger partial charge in [0.2, 0.25) is 5.91 Å². The average Bonchev–Trinajstić information content (AvgIpc) is 2.26. The van der Waals surface area contributed by atoms with E-state index in [1.54, 1.807) is 13.3 Å². The van der Waals surface area contributed by atoms with Gasteiger partial charge in [0.15, 0.2) is 0 Å². The van der Waals surface area contributed by atoms with Crippen molar-refractivity contribution in [2.75, 3.05) is 11.4 Å². The van der Waals surface area contributed by atoms with Crippen LogP contribution in [0.3, 0.4) is 0 Å². The van der Waals surface area contributed by atoms with Crippen LogP contribution in [-0.2, 0) is 4.79 Å². The molecule has 0 N–H and O–H groups in total. The molecule has 0 saturated heterocycles. The van der Waals surface area contributed by atoms with Crippen molar-refractivity contribution in [3.8, 4) is 0 Å². The van der Waals surface area contributed by atoms with Crippen LogP contribution in [0.25, 0.3) is 0 Å². The lowest BCUT2D eigenvalue weighted by molar-refractivity contribution is -0.115. The van der Waals surface area contributed by atoms with Crippen molar-refractivity contribution >= 4 is 11.6 Å². The molecule has 0 aromatic heterocycles. The van der Waals surface area contributed by atoms with Crippen molar-refractivity contribution in [2.24, 2.45) is 5.92 Å². The largest absolute Gasteiger partial charge is 0.312 e. The second-order valence-corrected chi connectivity index (χ2v) is 3.97. The maximum absolute atomic E-state index is 11.7. The zero-order valence-corrected chi connectivity index (χ0v) is 9.60. The van der Waals surface area contributed by atoms with Gasteiger partial charge in [0.25, 0.3) is 0 Å². The molecule has 0 bridgehead atoms. The molecule has 1 aromatic carbocycles. The molecule has 0 unspecified atom stereocenters. The average molecular weight is 204 g/mol. The molecule has 2 nitrogen and oxygen atoms in total. The quantitative estimate of drug-likeness (QED) is 0.738. The van der Waals surface area contributed by atoms with Crippen molar-refractivity contribution in [3.05, 3.63) is 36.8 Å². The van der Waals surface area contributed by atoms with E-state index in [1.807, 2.05) is 35.2 Å². The normalized spacial score (nSPS) is 10.4. The molecule has 0 atom stereocenters. The number of benzene rings is 1. The van der Waals surface area contributed by atoms with Crippen LogP contribution in [0, 0.1) is 12.3 Å². The molecule has 0 heterocycles. The molecular formula is C13H18NO. The first-order chi connectivity index (χ1) is 7.15.